The smallest absolute Gasteiger partial charge is 0.0654 e. The van der Waals surface area contributed by atoms with Gasteiger partial charge in [-0.25, -0.2) is 0 Å². The minimum atomic E-state index is -0.739. The summed E-state index contributed by atoms with van der Waals surface area (Å²) in [4.78, 5) is 0. The van der Waals surface area contributed by atoms with E-state index in [1.54, 1.807) is 0 Å². The van der Waals surface area contributed by atoms with Gasteiger partial charge in [-0.1, -0.05) is 46.3 Å². The summed E-state index contributed by atoms with van der Waals surface area (Å²) in [6, 6.07) is 0. The maximum Gasteiger partial charge on any atom is 0.0654 e. The van der Waals surface area contributed by atoms with Crippen LogP contribution in [0.1, 0.15) is 113 Å². The largest absolute Gasteiger partial charge is 0.393 e. The van der Waals surface area contributed by atoms with Crippen LogP contribution in [-0.2, 0) is 0 Å². The number of hydrogen-bond acceptors (Lipinski definition) is 3. The molecule has 33 heavy (non-hydrogen) atoms. The lowest BCUT2D eigenvalue weighted by atomic mass is 9.35. The van der Waals surface area contributed by atoms with Crippen molar-refractivity contribution in [1.29, 1.82) is 0 Å². The Morgan fingerprint density at radius 1 is 0.909 bits per heavy atom. The maximum absolute atomic E-state index is 11.8. The minimum Gasteiger partial charge on any atom is -0.393 e. The standard InChI is InChI=1S/C30H52O3/c1-19(2)10-9-14-30(8,33)20-11-16-29(7)25(20)21(31)18-23-27(5)15-13-24(32)26(3,4)22(27)12-17-28(23,29)6/h10,20-25,31-33H,9,11-18H2,1-8H3/t20-,21+,22-,23-,24+,25+,27-,28+,29+,30-/m0/s1. The van der Waals surface area contributed by atoms with Gasteiger partial charge in [-0.05, 0) is 124 Å². The summed E-state index contributed by atoms with van der Waals surface area (Å²) in [7, 11) is 0. The Hall–Kier alpha value is -0.380. The molecule has 3 N–H and O–H groups in total. The molecule has 0 aromatic rings. The molecule has 0 spiro atoms. The van der Waals surface area contributed by atoms with Crippen LogP contribution in [0, 0.1) is 45.3 Å². The van der Waals surface area contributed by atoms with Crippen LogP contribution < -0.4 is 0 Å². The molecule has 190 valence electrons. The normalized spacial score (nSPS) is 50.5. The van der Waals surface area contributed by atoms with Crippen LogP contribution in [0.5, 0.6) is 0 Å². The first-order valence-corrected chi connectivity index (χ1v) is 13.8. The molecule has 0 amide bonds. The average Bonchev–Trinajstić information content (AvgIpc) is 3.08. The minimum absolute atomic E-state index is 0.0503. The van der Waals surface area contributed by atoms with Gasteiger partial charge in [0.25, 0.3) is 0 Å². The maximum atomic E-state index is 11.8. The number of hydrogen-bond donors (Lipinski definition) is 3. The number of fused-ring (bicyclic) bond motifs is 5. The Morgan fingerprint density at radius 3 is 2.18 bits per heavy atom. The van der Waals surface area contributed by atoms with Crippen molar-refractivity contribution in [3.05, 3.63) is 11.6 Å². The highest BCUT2D eigenvalue weighted by Crippen LogP contribution is 2.75. The molecule has 4 aliphatic rings. The summed E-state index contributed by atoms with van der Waals surface area (Å²) in [6.07, 6.45) is 10.6. The van der Waals surface area contributed by atoms with Crippen molar-refractivity contribution in [2.45, 2.75) is 131 Å². The fourth-order valence-electron chi connectivity index (χ4n) is 10.3. The Morgan fingerprint density at radius 2 is 1.55 bits per heavy atom. The molecule has 0 aliphatic heterocycles. The summed E-state index contributed by atoms with van der Waals surface area (Å²) in [5.74, 6) is 1.31. The second-order valence-electron chi connectivity index (χ2n) is 14.5. The van der Waals surface area contributed by atoms with Crippen LogP contribution in [0.25, 0.3) is 0 Å². The second-order valence-corrected chi connectivity index (χ2v) is 14.5. The van der Waals surface area contributed by atoms with Crippen molar-refractivity contribution in [1.82, 2.24) is 0 Å². The molecule has 0 bridgehead atoms. The Kier molecular flexibility index (Phi) is 6.28. The number of allylic oxidation sites excluding steroid dienone is 2. The molecule has 10 atom stereocenters. The van der Waals surface area contributed by atoms with Crippen LogP contribution in [0.3, 0.4) is 0 Å². The molecule has 0 aromatic heterocycles. The summed E-state index contributed by atoms with van der Waals surface area (Å²) < 4.78 is 0. The SMILES string of the molecule is CC(C)=CCC[C@](C)(O)[C@H]1CC[C@]2(C)[C@H]1[C@H](O)C[C@H]1[C@@]3(C)CC[C@@H](O)C(C)(C)[C@@H]3CC[C@]12C. The number of aliphatic hydroxyl groups is 3. The van der Waals surface area contributed by atoms with Gasteiger partial charge in [-0.2, -0.15) is 0 Å². The van der Waals surface area contributed by atoms with E-state index >= 15 is 0 Å². The van der Waals surface area contributed by atoms with Crippen molar-refractivity contribution in [3.8, 4) is 0 Å². The van der Waals surface area contributed by atoms with Gasteiger partial charge in [0.2, 0.25) is 0 Å². The quantitative estimate of drug-likeness (QED) is 0.420. The number of aliphatic hydroxyl groups excluding tert-OH is 2. The average molecular weight is 461 g/mol. The molecular formula is C30H52O3. The molecule has 0 unspecified atom stereocenters. The van der Waals surface area contributed by atoms with Crippen molar-refractivity contribution in [2.24, 2.45) is 45.3 Å². The molecule has 3 nitrogen and oxygen atoms in total. The van der Waals surface area contributed by atoms with E-state index in [2.05, 4.69) is 54.5 Å². The van der Waals surface area contributed by atoms with Crippen LogP contribution in [-0.4, -0.2) is 33.1 Å². The third-order valence-electron chi connectivity index (χ3n) is 12.4. The van der Waals surface area contributed by atoms with Gasteiger partial charge in [-0.3, -0.25) is 0 Å². The molecule has 0 saturated heterocycles. The monoisotopic (exact) mass is 460 g/mol. The molecular weight excluding hydrogens is 408 g/mol. The van der Waals surface area contributed by atoms with Crippen LogP contribution in [0.2, 0.25) is 0 Å². The lowest BCUT2D eigenvalue weighted by molar-refractivity contribution is -0.246. The van der Waals surface area contributed by atoms with Gasteiger partial charge >= 0.3 is 0 Å². The van der Waals surface area contributed by atoms with Crippen LogP contribution >= 0.6 is 0 Å². The summed E-state index contributed by atoms with van der Waals surface area (Å²) in [6.45, 7) is 18.3. The van der Waals surface area contributed by atoms with Gasteiger partial charge in [0.05, 0.1) is 17.8 Å². The highest BCUT2D eigenvalue weighted by Gasteiger charge is 2.71. The highest BCUT2D eigenvalue weighted by molar-refractivity contribution is 5.20. The fourth-order valence-corrected chi connectivity index (χ4v) is 10.3. The van der Waals surface area contributed by atoms with Crippen molar-refractivity contribution in [2.75, 3.05) is 0 Å². The molecule has 4 fully saturated rings. The zero-order valence-electron chi connectivity index (χ0n) is 22.7. The zero-order valence-corrected chi connectivity index (χ0v) is 22.7. The van der Waals surface area contributed by atoms with Crippen LogP contribution in [0.4, 0.5) is 0 Å². The molecule has 4 rings (SSSR count). The summed E-state index contributed by atoms with van der Waals surface area (Å²) in [5, 5.41) is 34.3. The van der Waals surface area contributed by atoms with E-state index in [0.29, 0.717) is 11.8 Å². The molecule has 0 heterocycles. The lowest BCUT2D eigenvalue weighted by Crippen LogP contribution is -2.66. The Bertz CT molecular complexity index is 779. The van der Waals surface area contributed by atoms with Gasteiger partial charge < -0.3 is 15.3 Å². The lowest BCUT2D eigenvalue weighted by Gasteiger charge is -2.70. The predicted molar refractivity (Wildman–Crippen MR) is 136 cm³/mol. The third kappa shape index (κ3) is 3.61. The van der Waals surface area contributed by atoms with E-state index in [0.717, 1.165) is 44.9 Å². The van der Waals surface area contributed by atoms with E-state index in [-0.39, 0.29) is 45.7 Å². The van der Waals surface area contributed by atoms with Crippen molar-refractivity contribution in [3.63, 3.8) is 0 Å². The zero-order chi connectivity index (χ0) is 24.6. The molecule has 0 radical (unpaired) electrons. The second kappa shape index (κ2) is 8.07. The first kappa shape index (κ1) is 25.7. The van der Waals surface area contributed by atoms with Crippen molar-refractivity contribution >= 4 is 0 Å². The van der Waals surface area contributed by atoms with Gasteiger partial charge in [0, 0.05) is 0 Å². The van der Waals surface area contributed by atoms with E-state index in [1.165, 1.54) is 18.4 Å². The van der Waals surface area contributed by atoms with E-state index in [9.17, 15) is 15.3 Å². The topological polar surface area (TPSA) is 60.7 Å². The molecule has 3 heteroatoms. The van der Waals surface area contributed by atoms with Crippen molar-refractivity contribution < 1.29 is 15.3 Å². The van der Waals surface area contributed by atoms with E-state index in [1.807, 2.05) is 6.92 Å². The Balaban J connectivity index is 1.66. The molecule has 4 saturated carbocycles. The van der Waals surface area contributed by atoms with Gasteiger partial charge in [-0.15, -0.1) is 0 Å². The first-order valence-electron chi connectivity index (χ1n) is 13.8. The van der Waals surface area contributed by atoms with Crippen LogP contribution in [0.15, 0.2) is 11.6 Å². The van der Waals surface area contributed by atoms with Gasteiger partial charge in [0.15, 0.2) is 0 Å². The van der Waals surface area contributed by atoms with E-state index < -0.39 is 5.60 Å². The fraction of sp³-hybridized carbons (Fsp3) is 0.933. The summed E-state index contributed by atoms with van der Waals surface area (Å²) in [5.41, 5.74) is 0.885. The predicted octanol–water partition coefficient (Wildman–Crippen LogP) is 6.50. The van der Waals surface area contributed by atoms with Gasteiger partial charge in [0.1, 0.15) is 0 Å². The molecule has 0 aromatic carbocycles. The molecule has 4 aliphatic carbocycles. The third-order valence-corrected chi connectivity index (χ3v) is 12.4. The Labute approximate surface area is 203 Å². The highest BCUT2D eigenvalue weighted by atomic mass is 16.3. The first-order chi connectivity index (χ1) is 15.1. The number of rotatable bonds is 4. The summed E-state index contributed by atoms with van der Waals surface area (Å²) >= 11 is 0. The van der Waals surface area contributed by atoms with E-state index in [4.69, 9.17) is 0 Å².